The zero-order chi connectivity index (χ0) is 14.5. The summed E-state index contributed by atoms with van der Waals surface area (Å²) in [6.07, 6.45) is 1.95. The Balaban J connectivity index is 1.79. The normalized spacial score (nSPS) is 18.4. The average molecular weight is 275 g/mol. The van der Waals surface area contributed by atoms with Crippen LogP contribution < -0.4 is 11.1 Å². The summed E-state index contributed by atoms with van der Waals surface area (Å²) in [5.41, 5.74) is 6.96. The first kappa shape index (κ1) is 14.4. The number of anilines is 2. The minimum Gasteiger partial charge on any atom is -0.399 e. The molecule has 1 heterocycles. The second-order valence-corrected chi connectivity index (χ2v) is 5.24. The van der Waals surface area contributed by atoms with Crippen molar-refractivity contribution in [2.45, 2.75) is 26.2 Å². The van der Waals surface area contributed by atoms with Crippen molar-refractivity contribution in [2.24, 2.45) is 5.92 Å². The van der Waals surface area contributed by atoms with E-state index in [1.165, 1.54) is 0 Å². The summed E-state index contributed by atoms with van der Waals surface area (Å²) in [6, 6.07) is 7.07. The van der Waals surface area contributed by atoms with Crippen LogP contribution in [0.2, 0.25) is 0 Å². The number of nitrogens with one attached hydrogen (secondary N) is 1. The van der Waals surface area contributed by atoms with Gasteiger partial charge in [-0.15, -0.1) is 0 Å². The fourth-order valence-corrected chi connectivity index (χ4v) is 2.42. The molecule has 1 unspecified atom stereocenters. The van der Waals surface area contributed by atoms with Gasteiger partial charge in [0.15, 0.2) is 0 Å². The van der Waals surface area contributed by atoms with Crippen molar-refractivity contribution < 1.29 is 9.59 Å². The lowest BCUT2D eigenvalue weighted by Crippen LogP contribution is -2.29. The van der Waals surface area contributed by atoms with Gasteiger partial charge in [-0.25, -0.2) is 0 Å². The molecular weight excluding hydrogens is 254 g/mol. The molecule has 1 aliphatic rings. The van der Waals surface area contributed by atoms with Crippen LogP contribution in [-0.2, 0) is 9.59 Å². The van der Waals surface area contributed by atoms with Crippen molar-refractivity contribution in [3.05, 3.63) is 24.3 Å². The first-order valence-corrected chi connectivity index (χ1v) is 7.01. The maximum absolute atomic E-state index is 11.8. The molecule has 5 heteroatoms. The summed E-state index contributed by atoms with van der Waals surface area (Å²) in [6.45, 7) is 3.36. The van der Waals surface area contributed by atoms with Crippen LogP contribution >= 0.6 is 0 Å². The highest BCUT2D eigenvalue weighted by Gasteiger charge is 2.28. The fraction of sp³-hybridized carbons (Fsp3) is 0.467. The number of nitrogens with two attached hydrogens (primary N) is 1. The minimum atomic E-state index is -0.0941. The van der Waals surface area contributed by atoms with Gasteiger partial charge in [-0.2, -0.15) is 0 Å². The standard InChI is InChI=1S/C15H21N3O2/c1-2-11-8-15(20)18(10-11)7-6-14(19)17-13-5-3-4-12(16)9-13/h3-5,9,11H,2,6-8,10,16H2,1H3,(H,17,19). The minimum absolute atomic E-state index is 0.0941. The molecule has 0 bridgehead atoms. The van der Waals surface area contributed by atoms with Gasteiger partial charge in [0.2, 0.25) is 11.8 Å². The van der Waals surface area contributed by atoms with Gasteiger partial charge in [0.25, 0.3) is 0 Å². The van der Waals surface area contributed by atoms with Crippen LogP contribution in [0.3, 0.4) is 0 Å². The zero-order valence-corrected chi connectivity index (χ0v) is 11.8. The van der Waals surface area contributed by atoms with Crippen molar-refractivity contribution in [1.29, 1.82) is 0 Å². The topological polar surface area (TPSA) is 75.4 Å². The van der Waals surface area contributed by atoms with Gasteiger partial charge < -0.3 is 16.0 Å². The monoisotopic (exact) mass is 275 g/mol. The molecule has 0 aromatic heterocycles. The van der Waals surface area contributed by atoms with E-state index < -0.39 is 0 Å². The van der Waals surface area contributed by atoms with E-state index in [-0.39, 0.29) is 11.8 Å². The van der Waals surface area contributed by atoms with E-state index in [4.69, 9.17) is 5.73 Å². The highest BCUT2D eigenvalue weighted by atomic mass is 16.2. The van der Waals surface area contributed by atoms with Gasteiger partial charge in [0.05, 0.1) is 0 Å². The maximum Gasteiger partial charge on any atom is 0.226 e. The van der Waals surface area contributed by atoms with Crippen LogP contribution in [0.4, 0.5) is 11.4 Å². The van der Waals surface area contributed by atoms with Gasteiger partial charge in [-0.05, 0) is 24.1 Å². The summed E-state index contributed by atoms with van der Waals surface area (Å²) >= 11 is 0. The van der Waals surface area contributed by atoms with Crippen LogP contribution in [0.5, 0.6) is 0 Å². The lowest BCUT2D eigenvalue weighted by atomic mass is 10.1. The molecule has 3 N–H and O–H groups in total. The number of nitrogens with zero attached hydrogens (tertiary/aromatic N) is 1. The molecule has 108 valence electrons. The molecule has 1 aromatic rings. The van der Waals surface area contributed by atoms with Crippen LogP contribution in [0, 0.1) is 5.92 Å². The van der Waals surface area contributed by atoms with E-state index in [1.54, 1.807) is 29.2 Å². The first-order chi connectivity index (χ1) is 9.58. The SMILES string of the molecule is CCC1CC(=O)N(CCC(=O)Nc2cccc(N)c2)C1. The number of carbonyl (C=O) groups excluding carboxylic acids is 2. The number of benzene rings is 1. The number of carbonyl (C=O) groups is 2. The lowest BCUT2D eigenvalue weighted by molar-refractivity contribution is -0.128. The Morgan fingerprint density at radius 2 is 2.30 bits per heavy atom. The molecule has 0 spiro atoms. The second-order valence-electron chi connectivity index (χ2n) is 5.24. The summed E-state index contributed by atoms with van der Waals surface area (Å²) in [4.78, 5) is 25.4. The molecule has 20 heavy (non-hydrogen) atoms. The Morgan fingerprint density at radius 3 is 2.95 bits per heavy atom. The van der Waals surface area contributed by atoms with E-state index in [0.717, 1.165) is 13.0 Å². The van der Waals surface area contributed by atoms with E-state index in [9.17, 15) is 9.59 Å². The van der Waals surface area contributed by atoms with E-state index in [1.807, 2.05) is 0 Å². The third-order valence-corrected chi connectivity index (χ3v) is 3.65. The van der Waals surface area contributed by atoms with Crippen molar-refractivity contribution in [3.8, 4) is 0 Å². The Labute approximate surface area is 119 Å². The van der Waals surface area contributed by atoms with Crippen molar-refractivity contribution in [1.82, 2.24) is 4.90 Å². The third-order valence-electron chi connectivity index (χ3n) is 3.65. The lowest BCUT2D eigenvalue weighted by Gasteiger charge is -2.16. The molecule has 2 amide bonds. The van der Waals surface area contributed by atoms with Crippen molar-refractivity contribution in [2.75, 3.05) is 24.1 Å². The molecule has 0 saturated carbocycles. The zero-order valence-electron chi connectivity index (χ0n) is 11.8. The highest BCUT2D eigenvalue weighted by Crippen LogP contribution is 2.20. The molecule has 1 aromatic carbocycles. The Morgan fingerprint density at radius 1 is 1.50 bits per heavy atom. The van der Waals surface area contributed by atoms with Gasteiger partial charge in [-0.3, -0.25) is 9.59 Å². The van der Waals surface area contributed by atoms with Crippen molar-refractivity contribution >= 4 is 23.2 Å². The molecular formula is C15H21N3O2. The Kier molecular flexibility index (Phi) is 4.61. The van der Waals surface area contributed by atoms with E-state index in [0.29, 0.717) is 36.7 Å². The Bertz CT molecular complexity index is 502. The predicted octanol–water partition coefficient (Wildman–Crippen LogP) is 1.86. The number of hydrogen-bond donors (Lipinski definition) is 2. The highest BCUT2D eigenvalue weighted by molar-refractivity contribution is 5.91. The van der Waals surface area contributed by atoms with Crippen LogP contribution in [0.25, 0.3) is 0 Å². The van der Waals surface area contributed by atoms with E-state index >= 15 is 0 Å². The number of nitrogen functional groups attached to an aromatic ring is 1. The van der Waals surface area contributed by atoms with Gasteiger partial charge in [0, 0.05) is 37.3 Å². The maximum atomic E-state index is 11.8. The summed E-state index contributed by atoms with van der Waals surface area (Å²) in [5, 5.41) is 2.79. The number of rotatable bonds is 5. The summed E-state index contributed by atoms with van der Waals surface area (Å²) in [5.74, 6) is 0.511. The molecule has 1 saturated heterocycles. The smallest absolute Gasteiger partial charge is 0.226 e. The summed E-state index contributed by atoms with van der Waals surface area (Å²) in [7, 11) is 0. The Hall–Kier alpha value is -2.04. The van der Waals surface area contributed by atoms with Crippen LogP contribution in [-0.4, -0.2) is 29.8 Å². The molecule has 1 atom stereocenters. The number of hydrogen-bond acceptors (Lipinski definition) is 3. The molecule has 1 fully saturated rings. The molecule has 0 aliphatic carbocycles. The molecule has 5 nitrogen and oxygen atoms in total. The van der Waals surface area contributed by atoms with Crippen LogP contribution in [0.15, 0.2) is 24.3 Å². The predicted molar refractivity (Wildman–Crippen MR) is 79.1 cm³/mol. The summed E-state index contributed by atoms with van der Waals surface area (Å²) < 4.78 is 0. The van der Waals surface area contributed by atoms with Gasteiger partial charge >= 0.3 is 0 Å². The molecule has 2 rings (SSSR count). The molecule has 0 radical (unpaired) electrons. The average Bonchev–Trinajstić information content (AvgIpc) is 2.77. The van der Waals surface area contributed by atoms with Gasteiger partial charge in [-0.1, -0.05) is 19.4 Å². The first-order valence-electron chi connectivity index (χ1n) is 7.01. The number of likely N-dealkylation sites (tertiary alicyclic amines) is 1. The largest absolute Gasteiger partial charge is 0.399 e. The van der Waals surface area contributed by atoms with E-state index in [2.05, 4.69) is 12.2 Å². The third kappa shape index (κ3) is 3.73. The molecule has 1 aliphatic heterocycles. The van der Waals surface area contributed by atoms with Crippen LogP contribution in [0.1, 0.15) is 26.2 Å². The quantitative estimate of drug-likeness (QED) is 0.805. The fourth-order valence-electron chi connectivity index (χ4n) is 2.42. The van der Waals surface area contributed by atoms with Crippen molar-refractivity contribution in [3.63, 3.8) is 0 Å². The van der Waals surface area contributed by atoms with Gasteiger partial charge in [0.1, 0.15) is 0 Å². The second kappa shape index (κ2) is 6.41. The number of amides is 2.